The first-order valence-electron chi connectivity index (χ1n) is 6.66. The molecule has 0 bridgehead atoms. The van der Waals surface area contributed by atoms with Crippen LogP contribution in [0.3, 0.4) is 0 Å². The zero-order valence-corrected chi connectivity index (χ0v) is 11.8. The molecule has 0 fully saturated rings. The van der Waals surface area contributed by atoms with E-state index < -0.39 is 0 Å². The van der Waals surface area contributed by atoms with Gasteiger partial charge >= 0.3 is 0 Å². The van der Waals surface area contributed by atoms with Crippen molar-refractivity contribution >= 4 is 0 Å². The molecule has 98 valence electrons. The van der Waals surface area contributed by atoms with E-state index >= 15 is 0 Å². The lowest BCUT2D eigenvalue weighted by Crippen LogP contribution is -2.06. The maximum atomic E-state index is 5.08. The summed E-state index contributed by atoms with van der Waals surface area (Å²) in [5.74, 6) is 1.88. The first-order chi connectivity index (χ1) is 8.02. The van der Waals surface area contributed by atoms with E-state index in [1.165, 1.54) is 24.0 Å². The van der Waals surface area contributed by atoms with Gasteiger partial charge in [0, 0.05) is 0 Å². The van der Waals surface area contributed by atoms with Crippen molar-refractivity contribution in [3.8, 4) is 0 Å². The topological polar surface area (TPSA) is 18.5 Å². The summed E-state index contributed by atoms with van der Waals surface area (Å²) in [5, 5.41) is 0. The predicted octanol–water partition coefficient (Wildman–Crippen LogP) is 4.49. The van der Waals surface area contributed by atoms with Crippen molar-refractivity contribution in [3.05, 3.63) is 23.5 Å². The summed E-state index contributed by atoms with van der Waals surface area (Å²) < 4.78 is 0. The minimum absolute atomic E-state index is 0.499. The lowest BCUT2D eigenvalue weighted by Gasteiger charge is -2.16. The van der Waals surface area contributed by atoms with Gasteiger partial charge in [0.15, 0.2) is 0 Å². The first-order valence-corrected chi connectivity index (χ1v) is 6.66. The van der Waals surface area contributed by atoms with Crippen LogP contribution in [-0.4, -0.2) is 6.61 Å². The molecule has 0 aliphatic heterocycles. The molecular weight excluding hydrogens is 212 g/mol. The Bertz CT molecular complexity index is 287. The number of hydrogen-bond acceptors (Lipinski definition) is 2. The van der Waals surface area contributed by atoms with Gasteiger partial charge < -0.3 is 4.89 Å². The van der Waals surface area contributed by atoms with Crippen LogP contribution in [0.15, 0.2) is 23.5 Å². The van der Waals surface area contributed by atoms with Crippen LogP contribution in [0.4, 0.5) is 0 Å². The Kier molecular flexibility index (Phi) is 5.76. The smallest absolute Gasteiger partial charge is 0.129 e. The van der Waals surface area contributed by atoms with Crippen molar-refractivity contribution in [2.24, 2.45) is 17.8 Å². The predicted molar refractivity (Wildman–Crippen MR) is 71.3 cm³/mol. The van der Waals surface area contributed by atoms with E-state index in [1.807, 2.05) is 0 Å². The minimum atomic E-state index is 0.499. The zero-order chi connectivity index (χ0) is 12.8. The lowest BCUT2D eigenvalue weighted by atomic mass is 9.89. The summed E-state index contributed by atoms with van der Waals surface area (Å²) in [6, 6.07) is 0. The van der Waals surface area contributed by atoms with E-state index in [2.05, 4.69) is 40.7 Å². The second kappa shape index (κ2) is 6.85. The molecule has 0 N–H and O–H groups in total. The monoisotopic (exact) mass is 238 g/mol. The van der Waals surface area contributed by atoms with E-state index in [9.17, 15) is 0 Å². The van der Waals surface area contributed by atoms with Crippen molar-refractivity contribution in [1.29, 1.82) is 0 Å². The van der Waals surface area contributed by atoms with Gasteiger partial charge in [0.05, 0.1) is 6.61 Å². The summed E-state index contributed by atoms with van der Waals surface area (Å²) in [4.78, 5) is 10.1. The second-order valence-electron chi connectivity index (χ2n) is 5.70. The van der Waals surface area contributed by atoms with Crippen molar-refractivity contribution in [2.75, 3.05) is 6.61 Å². The van der Waals surface area contributed by atoms with Crippen LogP contribution in [0.2, 0.25) is 0 Å². The summed E-state index contributed by atoms with van der Waals surface area (Å²) in [5.41, 5.74) is 2.93. The molecule has 0 radical (unpaired) electrons. The fraction of sp³-hybridized carbons (Fsp3) is 0.733. The van der Waals surface area contributed by atoms with Crippen molar-refractivity contribution in [3.63, 3.8) is 0 Å². The highest BCUT2D eigenvalue weighted by Gasteiger charge is 2.23. The van der Waals surface area contributed by atoms with Crippen LogP contribution < -0.4 is 0 Å². The minimum Gasteiger partial charge on any atom is -0.345 e. The maximum Gasteiger partial charge on any atom is 0.129 e. The van der Waals surface area contributed by atoms with Gasteiger partial charge in [-0.15, -0.1) is 0 Å². The molecule has 1 unspecified atom stereocenters. The molecule has 0 aromatic heterocycles. The van der Waals surface area contributed by atoms with Gasteiger partial charge in [-0.1, -0.05) is 33.3 Å². The molecule has 1 aliphatic carbocycles. The van der Waals surface area contributed by atoms with Gasteiger partial charge in [-0.3, -0.25) is 0 Å². The first kappa shape index (κ1) is 14.3. The van der Waals surface area contributed by atoms with Gasteiger partial charge in [-0.2, -0.15) is 4.89 Å². The Morgan fingerprint density at radius 2 is 2.00 bits per heavy atom. The lowest BCUT2D eigenvalue weighted by molar-refractivity contribution is -0.254. The summed E-state index contributed by atoms with van der Waals surface area (Å²) in [6.45, 7) is 11.6. The highest BCUT2D eigenvalue weighted by molar-refractivity contribution is 5.31. The summed E-state index contributed by atoms with van der Waals surface area (Å²) in [6.07, 6.45) is 6.25. The Morgan fingerprint density at radius 3 is 2.59 bits per heavy atom. The Hall–Kier alpha value is -0.760. The average molecular weight is 238 g/mol. The Balaban J connectivity index is 2.43. The van der Waals surface area contributed by atoms with Crippen LogP contribution >= 0.6 is 0 Å². The van der Waals surface area contributed by atoms with Crippen molar-refractivity contribution in [2.45, 2.75) is 47.5 Å². The third kappa shape index (κ3) is 4.55. The number of allylic oxidation sites excluding steroid dienone is 3. The SMILES string of the molecule is CC1=C(C=COOCC(C)C)C(C(C)C)CC1. The normalized spacial score (nSPS) is 21.2. The average Bonchev–Trinajstić information content (AvgIpc) is 2.59. The molecule has 0 aromatic rings. The van der Waals surface area contributed by atoms with E-state index in [-0.39, 0.29) is 0 Å². The largest absolute Gasteiger partial charge is 0.345 e. The molecule has 0 heterocycles. The highest BCUT2D eigenvalue weighted by Crippen LogP contribution is 2.37. The van der Waals surface area contributed by atoms with Gasteiger partial charge in [-0.25, -0.2) is 0 Å². The van der Waals surface area contributed by atoms with Crippen LogP contribution in [0.1, 0.15) is 47.5 Å². The van der Waals surface area contributed by atoms with Crippen LogP contribution in [0.5, 0.6) is 0 Å². The fourth-order valence-electron chi connectivity index (χ4n) is 2.26. The molecule has 0 spiro atoms. The van der Waals surface area contributed by atoms with E-state index in [0.717, 1.165) is 0 Å². The third-order valence-electron chi connectivity index (χ3n) is 3.30. The molecule has 2 nitrogen and oxygen atoms in total. The molecule has 0 aromatic carbocycles. The van der Waals surface area contributed by atoms with Crippen LogP contribution in [-0.2, 0) is 9.78 Å². The number of rotatable bonds is 6. The standard InChI is InChI=1S/C15H26O2/c1-11(2)10-17-16-9-8-15-13(5)6-7-14(15)12(3)4/h8-9,11-12,14H,6-7,10H2,1-5H3. The molecule has 17 heavy (non-hydrogen) atoms. The molecule has 1 aliphatic rings. The quantitative estimate of drug-likeness (QED) is 0.294. The number of hydrogen-bond donors (Lipinski definition) is 0. The molecule has 1 atom stereocenters. The highest BCUT2D eigenvalue weighted by atomic mass is 17.2. The van der Waals surface area contributed by atoms with Gasteiger partial charge in [0.25, 0.3) is 0 Å². The van der Waals surface area contributed by atoms with Crippen molar-refractivity contribution in [1.82, 2.24) is 0 Å². The third-order valence-corrected chi connectivity index (χ3v) is 3.30. The van der Waals surface area contributed by atoms with Gasteiger partial charge in [0.1, 0.15) is 6.26 Å². The summed E-state index contributed by atoms with van der Waals surface area (Å²) >= 11 is 0. The molecule has 0 amide bonds. The zero-order valence-electron chi connectivity index (χ0n) is 11.8. The van der Waals surface area contributed by atoms with Crippen LogP contribution in [0.25, 0.3) is 0 Å². The van der Waals surface area contributed by atoms with Gasteiger partial charge in [0.2, 0.25) is 0 Å². The van der Waals surface area contributed by atoms with E-state index in [1.54, 1.807) is 6.26 Å². The fourth-order valence-corrected chi connectivity index (χ4v) is 2.26. The Labute approximate surface area is 106 Å². The van der Waals surface area contributed by atoms with Gasteiger partial charge in [-0.05, 0) is 49.2 Å². The molecular formula is C15H26O2. The molecule has 2 heteroatoms. The maximum absolute atomic E-state index is 5.08. The molecule has 0 saturated heterocycles. The van der Waals surface area contributed by atoms with E-state index in [4.69, 9.17) is 9.78 Å². The molecule has 1 rings (SSSR count). The second-order valence-corrected chi connectivity index (χ2v) is 5.70. The van der Waals surface area contributed by atoms with E-state index in [0.29, 0.717) is 24.4 Å². The van der Waals surface area contributed by atoms with Crippen LogP contribution in [0, 0.1) is 17.8 Å². The Morgan fingerprint density at radius 1 is 1.29 bits per heavy atom. The molecule has 0 saturated carbocycles. The van der Waals surface area contributed by atoms with Crippen molar-refractivity contribution < 1.29 is 9.78 Å². The summed E-state index contributed by atoms with van der Waals surface area (Å²) in [7, 11) is 0.